The van der Waals surface area contributed by atoms with Gasteiger partial charge in [-0.1, -0.05) is 18.2 Å². The Morgan fingerprint density at radius 2 is 2.24 bits per heavy atom. The van der Waals surface area contributed by atoms with Crippen molar-refractivity contribution in [2.75, 3.05) is 18.5 Å². The van der Waals surface area contributed by atoms with Crippen LogP contribution in [0.25, 0.3) is 0 Å². The lowest BCUT2D eigenvalue weighted by Gasteiger charge is -2.28. The normalized spacial score (nSPS) is 23.1. The summed E-state index contributed by atoms with van der Waals surface area (Å²) in [4.78, 5) is 17.6. The van der Waals surface area contributed by atoms with Crippen molar-refractivity contribution in [1.82, 2.24) is 5.06 Å². The van der Waals surface area contributed by atoms with Crippen molar-refractivity contribution < 1.29 is 9.63 Å². The van der Waals surface area contributed by atoms with E-state index in [0.717, 1.165) is 24.9 Å². The second kappa shape index (κ2) is 4.37. The molecule has 17 heavy (non-hydrogen) atoms. The van der Waals surface area contributed by atoms with Crippen molar-refractivity contribution in [1.29, 1.82) is 0 Å². The molecule has 0 radical (unpaired) electrons. The van der Waals surface area contributed by atoms with Crippen molar-refractivity contribution in [2.24, 2.45) is 0 Å². The second-order valence-corrected chi connectivity index (χ2v) is 4.54. The molecule has 0 aromatic heterocycles. The van der Waals surface area contributed by atoms with E-state index in [1.54, 1.807) is 0 Å². The molecule has 0 bridgehead atoms. The highest BCUT2D eigenvalue weighted by atomic mass is 16.7. The highest BCUT2D eigenvalue weighted by Crippen LogP contribution is 2.26. The number of carbonyl (C=O) groups is 1. The molecule has 2 aliphatic rings. The van der Waals surface area contributed by atoms with Crippen molar-refractivity contribution >= 4 is 11.6 Å². The van der Waals surface area contributed by atoms with Gasteiger partial charge in [-0.05, 0) is 24.5 Å². The molecule has 1 aromatic rings. The van der Waals surface area contributed by atoms with Crippen LogP contribution in [-0.2, 0) is 16.1 Å². The van der Waals surface area contributed by atoms with Crippen LogP contribution >= 0.6 is 0 Å². The van der Waals surface area contributed by atoms with Crippen LogP contribution in [0.4, 0.5) is 5.69 Å². The van der Waals surface area contributed by atoms with Gasteiger partial charge in [0.2, 0.25) is 0 Å². The quantitative estimate of drug-likeness (QED) is 0.799. The maximum Gasteiger partial charge on any atom is 0.268 e. The summed E-state index contributed by atoms with van der Waals surface area (Å²) in [5, 5.41) is 4.78. The summed E-state index contributed by atoms with van der Waals surface area (Å²) in [6.07, 6.45) is 2.84. The Morgan fingerprint density at radius 3 is 3.00 bits per heavy atom. The first-order valence-corrected chi connectivity index (χ1v) is 6.13. The predicted molar refractivity (Wildman–Crippen MR) is 64.5 cm³/mol. The number of amides is 1. The molecule has 3 rings (SSSR count). The largest absolute Gasteiger partial charge is 0.373 e. The van der Waals surface area contributed by atoms with Gasteiger partial charge in [0, 0.05) is 18.7 Å². The zero-order valence-electron chi connectivity index (χ0n) is 9.69. The Labute approximate surface area is 101 Å². The van der Waals surface area contributed by atoms with Gasteiger partial charge in [-0.3, -0.25) is 9.63 Å². The summed E-state index contributed by atoms with van der Waals surface area (Å²) in [6.45, 7) is 1.37. The van der Waals surface area contributed by atoms with Crippen LogP contribution in [0.15, 0.2) is 24.3 Å². The van der Waals surface area contributed by atoms with Gasteiger partial charge >= 0.3 is 0 Å². The molecule has 1 atom stereocenters. The van der Waals surface area contributed by atoms with Gasteiger partial charge in [-0.2, -0.15) is 0 Å². The average Bonchev–Trinajstić information content (AvgIpc) is 2.82. The third-order valence-corrected chi connectivity index (χ3v) is 3.32. The number of nitrogens with zero attached hydrogens (tertiary/aromatic N) is 1. The maximum absolute atomic E-state index is 12.2. The van der Waals surface area contributed by atoms with E-state index in [4.69, 9.17) is 4.84 Å². The van der Waals surface area contributed by atoms with Crippen LogP contribution in [-0.4, -0.2) is 30.2 Å². The second-order valence-electron chi connectivity index (χ2n) is 4.54. The molecule has 1 unspecified atom stereocenters. The SMILES string of the molecule is O=C(C1Cc2ccccc2N1)N1CCCCO1. The van der Waals surface area contributed by atoms with Crippen LogP contribution in [0.5, 0.6) is 0 Å². The van der Waals surface area contributed by atoms with Gasteiger partial charge in [0.05, 0.1) is 6.61 Å². The minimum absolute atomic E-state index is 0.0564. The van der Waals surface area contributed by atoms with Crippen molar-refractivity contribution in [3.8, 4) is 0 Å². The van der Waals surface area contributed by atoms with E-state index in [-0.39, 0.29) is 11.9 Å². The number of rotatable bonds is 1. The fraction of sp³-hybridized carbons (Fsp3) is 0.462. The van der Waals surface area contributed by atoms with E-state index in [0.29, 0.717) is 13.2 Å². The molecule has 0 saturated carbocycles. The van der Waals surface area contributed by atoms with Crippen molar-refractivity contribution in [3.63, 3.8) is 0 Å². The Bertz CT molecular complexity index is 402. The molecule has 4 heteroatoms. The first kappa shape index (κ1) is 10.6. The van der Waals surface area contributed by atoms with E-state index in [1.165, 1.54) is 10.6 Å². The number of para-hydroxylation sites is 1. The zero-order chi connectivity index (χ0) is 11.7. The molecule has 1 aromatic carbocycles. The van der Waals surface area contributed by atoms with E-state index in [1.807, 2.05) is 18.2 Å². The molecule has 1 saturated heterocycles. The Hall–Kier alpha value is -1.55. The molecular weight excluding hydrogens is 216 g/mol. The van der Waals surface area contributed by atoms with Crippen LogP contribution in [0.3, 0.4) is 0 Å². The number of fused-ring (bicyclic) bond motifs is 1. The number of hydrogen-bond acceptors (Lipinski definition) is 3. The van der Waals surface area contributed by atoms with Crippen LogP contribution in [0.2, 0.25) is 0 Å². The van der Waals surface area contributed by atoms with Crippen molar-refractivity contribution in [2.45, 2.75) is 25.3 Å². The molecule has 0 aliphatic carbocycles. The molecule has 1 N–H and O–H groups in total. The van der Waals surface area contributed by atoms with Crippen LogP contribution in [0.1, 0.15) is 18.4 Å². The molecule has 4 nitrogen and oxygen atoms in total. The number of hydroxylamine groups is 2. The van der Waals surface area contributed by atoms with E-state index in [2.05, 4.69) is 11.4 Å². The number of benzene rings is 1. The average molecular weight is 232 g/mol. The minimum atomic E-state index is -0.162. The van der Waals surface area contributed by atoms with E-state index >= 15 is 0 Å². The zero-order valence-corrected chi connectivity index (χ0v) is 9.69. The topological polar surface area (TPSA) is 41.6 Å². The number of carbonyl (C=O) groups excluding carboxylic acids is 1. The highest BCUT2D eigenvalue weighted by Gasteiger charge is 2.31. The predicted octanol–water partition coefficient (Wildman–Crippen LogP) is 1.58. The van der Waals surface area contributed by atoms with Crippen LogP contribution < -0.4 is 5.32 Å². The highest BCUT2D eigenvalue weighted by molar-refractivity contribution is 5.86. The molecule has 90 valence electrons. The van der Waals surface area contributed by atoms with E-state index < -0.39 is 0 Å². The van der Waals surface area contributed by atoms with Crippen molar-refractivity contribution in [3.05, 3.63) is 29.8 Å². The fourth-order valence-corrected chi connectivity index (χ4v) is 2.39. The lowest BCUT2D eigenvalue weighted by Crippen LogP contribution is -2.44. The van der Waals surface area contributed by atoms with Gasteiger partial charge in [-0.25, -0.2) is 5.06 Å². The maximum atomic E-state index is 12.2. The third kappa shape index (κ3) is 2.00. The third-order valence-electron chi connectivity index (χ3n) is 3.32. The number of nitrogens with one attached hydrogen (secondary N) is 1. The van der Waals surface area contributed by atoms with Gasteiger partial charge in [0.1, 0.15) is 6.04 Å². The van der Waals surface area contributed by atoms with Gasteiger partial charge < -0.3 is 5.32 Å². The molecule has 0 spiro atoms. The summed E-state index contributed by atoms with van der Waals surface area (Å²) in [5.41, 5.74) is 2.28. The van der Waals surface area contributed by atoms with Gasteiger partial charge in [0.15, 0.2) is 0 Å². The smallest absolute Gasteiger partial charge is 0.268 e. The molecule has 2 aliphatic heterocycles. The van der Waals surface area contributed by atoms with E-state index in [9.17, 15) is 4.79 Å². The first-order chi connectivity index (χ1) is 8.34. The lowest BCUT2D eigenvalue weighted by atomic mass is 10.1. The Balaban J connectivity index is 1.69. The summed E-state index contributed by atoms with van der Waals surface area (Å²) < 4.78 is 0. The Morgan fingerprint density at radius 1 is 1.35 bits per heavy atom. The minimum Gasteiger partial charge on any atom is -0.373 e. The standard InChI is InChI=1S/C13H16N2O2/c16-13(15-7-3-4-8-17-15)12-9-10-5-1-2-6-11(10)14-12/h1-2,5-6,12,14H,3-4,7-9H2. The first-order valence-electron chi connectivity index (χ1n) is 6.13. The monoisotopic (exact) mass is 232 g/mol. The number of hydrogen-bond donors (Lipinski definition) is 1. The Kier molecular flexibility index (Phi) is 2.73. The fourth-order valence-electron chi connectivity index (χ4n) is 2.39. The van der Waals surface area contributed by atoms with Gasteiger partial charge in [-0.15, -0.1) is 0 Å². The van der Waals surface area contributed by atoms with Gasteiger partial charge in [0.25, 0.3) is 5.91 Å². The molecule has 1 fully saturated rings. The molecule has 2 heterocycles. The summed E-state index contributed by atoms with van der Waals surface area (Å²) in [6, 6.07) is 7.90. The van der Waals surface area contributed by atoms with Crippen LogP contribution in [0, 0.1) is 0 Å². The summed E-state index contributed by atoms with van der Waals surface area (Å²) in [5.74, 6) is 0.0564. The molecule has 1 amide bonds. The summed E-state index contributed by atoms with van der Waals surface area (Å²) in [7, 11) is 0. The molecular formula is C13H16N2O2. The number of anilines is 1. The summed E-state index contributed by atoms with van der Waals surface area (Å²) >= 11 is 0. The lowest BCUT2D eigenvalue weighted by molar-refractivity contribution is -0.197.